The van der Waals surface area contributed by atoms with Crippen molar-refractivity contribution in [3.8, 4) is 0 Å². The first-order chi connectivity index (χ1) is 8.72. The number of aryl methyl sites for hydroxylation is 2. The first-order valence-electron chi connectivity index (χ1n) is 7.55. The molecule has 2 aliphatic rings. The third kappa shape index (κ3) is 2.09. The van der Waals surface area contributed by atoms with Crippen LogP contribution in [0.25, 0.3) is 0 Å². The Bertz CT molecular complexity index is 423. The number of hydrogen-bond acceptors (Lipinski definition) is 1. The molecule has 1 atom stereocenters. The van der Waals surface area contributed by atoms with Gasteiger partial charge >= 0.3 is 0 Å². The minimum atomic E-state index is 0.300. The Morgan fingerprint density at radius 3 is 2.67 bits per heavy atom. The summed E-state index contributed by atoms with van der Waals surface area (Å²) in [4.78, 5) is 0. The molecule has 3 rings (SSSR count). The summed E-state index contributed by atoms with van der Waals surface area (Å²) in [5.41, 5.74) is 4.75. The van der Waals surface area contributed by atoms with Gasteiger partial charge < -0.3 is 5.32 Å². The molecule has 1 N–H and O–H groups in total. The van der Waals surface area contributed by atoms with Crippen LogP contribution in [0.3, 0.4) is 0 Å². The van der Waals surface area contributed by atoms with Gasteiger partial charge in [0.25, 0.3) is 0 Å². The van der Waals surface area contributed by atoms with Gasteiger partial charge in [0.15, 0.2) is 0 Å². The van der Waals surface area contributed by atoms with Crippen LogP contribution in [0, 0.1) is 19.8 Å². The number of hydrogen-bond donors (Lipinski definition) is 1. The first-order valence-corrected chi connectivity index (χ1v) is 7.55. The molecule has 0 radical (unpaired) electrons. The van der Waals surface area contributed by atoms with Crippen molar-refractivity contribution < 1.29 is 0 Å². The monoisotopic (exact) mass is 243 g/mol. The van der Waals surface area contributed by atoms with Crippen LogP contribution in [0.5, 0.6) is 0 Å². The molecule has 1 unspecified atom stereocenters. The minimum Gasteiger partial charge on any atom is -0.307 e. The zero-order chi connectivity index (χ0) is 12.6. The van der Waals surface area contributed by atoms with Gasteiger partial charge in [-0.05, 0) is 63.1 Å². The predicted molar refractivity (Wildman–Crippen MR) is 76.8 cm³/mol. The summed E-state index contributed by atoms with van der Waals surface area (Å²) in [6.07, 6.45) is 8.30. The molecular formula is C17H25N. The van der Waals surface area contributed by atoms with Crippen LogP contribution in [0.15, 0.2) is 18.2 Å². The minimum absolute atomic E-state index is 0.300. The Hall–Kier alpha value is -0.820. The Labute approximate surface area is 111 Å². The molecule has 0 bridgehead atoms. The summed E-state index contributed by atoms with van der Waals surface area (Å²) in [5, 5.41) is 3.93. The highest BCUT2D eigenvalue weighted by Gasteiger charge is 2.46. The quantitative estimate of drug-likeness (QED) is 0.825. The van der Waals surface area contributed by atoms with Crippen LogP contribution in [0.1, 0.15) is 55.2 Å². The Balaban J connectivity index is 2.02. The van der Waals surface area contributed by atoms with Gasteiger partial charge in [-0.2, -0.15) is 0 Å². The Kier molecular flexibility index (Phi) is 3.19. The lowest BCUT2D eigenvalue weighted by Gasteiger charge is -2.36. The van der Waals surface area contributed by atoms with Crippen molar-refractivity contribution in [2.75, 3.05) is 6.54 Å². The molecule has 2 fully saturated rings. The topological polar surface area (TPSA) is 12.0 Å². The summed E-state index contributed by atoms with van der Waals surface area (Å²) in [5.74, 6) is 0.886. The standard InChI is InChI=1S/C17H25N/c1-13-6-9-16(14(2)12-13)17(15-7-8-15)10-4-3-5-11-18-17/h6,9,12,15,18H,3-5,7-8,10-11H2,1-2H3. The lowest BCUT2D eigenvalue weighted by atomic mass is 9.78. The lowest BCUT2D eigenvalue weighted by Crippen LogP contribution is -2.44. The van der Waals surface area contributed by atoms with E-state index in [1.807, 2.05) is 0 Å². The summed E-state index contributed by atoms with van der Waals surface area (Å²) >= 11 is 0. The maximum atomic E-state index is 3.93. The van der Waals surface area contributed by atoms with Gasteiger partial charge in [0.05, 0.1) is 0 Å². The summed E-state index contributed by atoms with van der Waals surface area (Å²) in [6.45, 7) is 5.68. The van der Waals surface area contributed by atoms with Crippen molar-refractivity contribution in [3.05, 3.63) is 34.9 Å². The van der Waals surface area contributed by atoms with Crippen molar-refractivity contribution in [2.45, 2.75) is 57.9 Å². The van der Waals surface area contributed by atoms with E-state index in [1.54, 1.807) is 5.56 Å². The van der Waals surface area contributed by atoms with E-state index in [0.717, 1.165) is 5.92 Å². The van der Waals surface area contributed by atoms with Crippen LogP contribution in [-0.2, 0) is 5.54 Å². The average Bonchev–Trinajstić information content (AvgIpc) is 3.16. The van der Waals surface area contributed by atoms with Gasteiger partial charge in [-0.25, -0.2) is 0 Å². The second kappa shape index (κ2) is 4.70. The van der Waals surface area contributed by atoms with E-state index in [-0.39, 0.29) is 0 Å². The smallest absolute Gasteiger partial charge is 0.0465 e. The fraction of sp³-hybridized carbons (Fsp3) is 0.647. The third-order valence-corrected chi connectivity index (χ3v) is 4.83. The molecule has 1 aromatic carbocycles. The normalized spacial score (nSPS) is 29.0. The molecule has 98 valence electrons. The predicted octanol–water partition coefficient (Wildman–Crippen LogP) is 4.07. The molecule has 0 spiro atoms. The molecule has 1 heteroatoms. The van der Waals surface area contributed by atoms with E-state index >= 15 is 0 Å². The van der Waals surface area contributed by atoms with E-state index in [0.29, 0.717) is 5.54 Å². The second-order valence-corrected chi connectivity index (χ2v) is 6.30. The van der Waals surface area contributed by atoms with E-state index in [1.165, 1.54) is 56.2 Å². The fourth-order valence-corrected chi connectivity index (χ4v) is 3.79. The molecular weight excluding hydrogens is 218 g/mol. The summed E-state index contributed by atoms with van der Waals surface area (Å²) in [7, 11) is 0. The first kappa shape index (κ1) is 12.2. The van der Waals surface area contributed by atoms with E-state index < -0.39 is 0 Å². The van der Waals surface area contributed by atoms with E-state index in [2.05, 4.69) is 37.4 Å². The molecule has 1 saturated heterocycles. The zero-order valence-electron chi connectivity index (χ0n) is 11.8. The van der Waals surface area contributed by atoms with E-state index in [4.69, 9.17) is 0 Å². The molecule has 0 aromatic heterocycles. The highest BCUT2D eigenvalue weighted by Crippen LogP contribution is 2.50. The zero-order valence-corrected chi connectivity index (χ0v) is 11.8. The van der Waals surface area contributed by atoms with Crippen LogP contribution >= 0.6 is 0 Å². The maximum Gasteiger partial charge on any atom is 0.0465 e. The number of benzene rings is 1. The van der Waals surface area contributed by atoms with Crippen LogP contribution in [-0.4, -0.2) is 6.54 Å². The van der Waals surface area contributed by atoms with Crippen molar-refractivity contribution >= 4 is 0 Å². The van der Waals surface area contributed by atoms with E-state index in [9.17, 15) is 0 Å². The van der Waals surface area contributed by atoms with Gasteiger partial charge in [0.2, 0.25) is 0 Å². The molecule has 1 nitrogen and oxygen atoms in total. The number of nitrogens with one attached hydrogen (secondary N) is 1. The van der Waals surface area contributed by atoms with Crippen molar-refractivity contribution in [1.29, 1.82) is 0 Å². The van der Waals surface area contributed by atoms with Crippen molar-refractivity contribution in [1.82, 2.24) is 5.32 Å². The average molecular weight is 243 g/mol. The highest BCUT2D eigenvalue weighted by molar-refractivity contribution is 5.37. The summed E-state index contributed by atoms with van der Waals surface area (Å²) < 4.78 is 0. The van der Waals surface area contributed by atoms with Gasteiger partial charge in [0.1, 0.15) is 0 Å². The molecule has 0 amide bonds. The summed E-state index contributed by atoms with van der Waals surface area (Å²) in [6, 6.07) is 7.03. The van der Waals surface area contributed by atoms with Crippen LogP contribution < -0.4 is 5.32 Å². The Morgan fingerprint density at radius 1 is 1.11 bits per heavy atom. The molecule has 18 heavy (non-hydrogen) atoms. The SMILES string of the molecule is Cc1ccc(C2(C3CC3)CCCCCN2)c(C)c1. The number of rotatable bonds is 2. The van der Waals surface area contributed by atoms with Gasteiger partial charge in [-0.15, -0.1) is 0 Å². The van der Waals surface area contributed by atoms with Gasteiger partial charge in [-0.3, -0.25) is 0 Å². The van der Waals surface area contributed by atoms with Crippen LogP contribution in [0.2, 0.25) is 0 Å². The van der Waals surface area contributed by atoms with Gasteiger partial charge in [0, 0.05) is 5.54 Å². The highest BCUT2D eigenvalue weighted by atomic mass is 15.0. The largest absolute Gasteiger partial charge is 0.307 e. The molecule has 1 heterocycles. The maximum absolute atomic E-state index is 3.93. The molecule has 1 aromatic rings. The Morgan fingerprint density at radius 2 is 1.94 bits per heavy atom. The van der Waals surface area contributed by atoms with Gasteiger partial charge in [-0.1, -0.05) is 36.6 Å². The third-order valence-electron chi connectivity index (χ3n) is 4.83. The van der Waals surface area contributed by atoms with Crippen molar-refractivity contribution in [3.63, 3.8) is 0 Å². The molecule has 1 saturated carbocycles. The second-order valence-electron chi connectivity index (χ2n) is 6.30. The molecule has 1 aliphatic carbocycles. The van der Waals surface area contributed by atoms with Crippen LogP contribution in [0.4, 0.5) is 0 Å². The lowest BCUT2D eigenvalue weighted by molar-refractivity contribution is 0.277. The van der Waals surface area contributed by atoms with Crippen molar-refractivity contribution in [2.24, 2.45) is 5.92 Å². The molecule has 1 aliphatic heterocycles. The fourth-order valence-electron chi connectivity index (χ4n) is 3.79.